The Morgan fingerprint density at radius 1 is 1.19 bits per heavy atom. The first-order valence-electron chi connectivity index (χ1n) is 9.03. The number of nitrogens with zero attached hydrogens (tertiary/aromatic N) is 4. The van der Waals surface area contributed by atoms with Gasteiger partial charge in [0.15, 0.2) is 11.5 Å². The highest BCUT2D eigenvalue weighted by Gasteiger charge is 2.17. The zero-order valence-electron chi connectivity index (χ0n) is 15.7. The van der Waals surface area contributed by atoms with Gasteiger partial charge in [-0.1, -0.05) is 39.8 Å². The normalized spacial score (nSPS) is 11.8. The number of hydrogen-bond acceptors (Lipinski definition) is 4. The SMILES string of the molecule is CC(C)CCNC(=O)Cn1c(=O)n2nc(C(C)C)nc2c2ccccc21. The lowest BCUT2D eigenvalue weighted by Gasteiger charge is -2.11. The number of carbonyl (C=O) groups is 1. The number of hydrogen-bond donors (Lipinski definition) is 1. The smallest absolute Gasteiger partial charge is 0.351 e. The minimum Gasteiger partial charge on any atom is -0.355 e. The van der Waals surface area contributed by atoms with E-state index in [0.29, 0.717) is 29.5 Å². The van der Waals surface area contributed by atoms with E-state index in [1.807, 2.05) is 38.1 Å². The van der Waals surface area contributed by atoms with Crippen LogP contribution in [0.4, 0.5) is 0 Å². The number of benzene rings is 1. The summed E-state index contributed by atoms with van der Waals surface area (Å²) >= 11 is 0. The molecule has 2 heterocycles. The van der Waals surface area contributed by atoms with Crippen molar-refractivity contribution in [1.29, 1.82) is 0 Å². The molecule has 7 heteroatoms. The van der Waals surface area contributed by atoms with E-state index in [1.54, 1.807) is 0 Å². The van der Waals surface area contributed by atoms with Gasteiger partial charge in [0.25, 0.3) is 0 Å². The van der Waals surface area contributed by atoms with Gasteiger partial charge in [-0.25, -0.2) is 9.78 Å². The predicted octanol–water partition coefficient (Wildman–Crippen LogP) is 2.33. The summed E-state index contributed by atoms with van der Waals surface area (Å²) in [5.74, 6) is 1.06. The third kappa shape index (κ3) is 3.47. The minimum atomic E-state index is -0.350. The highest BCUT2D eigenvalue weighted by atomic mass is 16.2. The van der Waals surface area contributed by atoms with Crippen molar-refractivity contribution >= 4 is 22.5 Å². The van der Waals surface area contributed by atoms with Gasteiger partial charge < -0.3 is 5.32 Å². The lowest BCUT2D eigenvalue weighted by atomic mass is 10.1. The van der Waals surface area contributed by atoms with Crippen LogP contribution in [0.15, 0.2) is 29.1 Å². The zero-order valence-corrected chi connectivity index (χ0v) is 15.7. The maximum atomic E-state index is 12.9. The van der Waals surface area contributed by atoms with E-state index in [1.165, 1.54) is 9.08 Å². The molecule has 0 fully saturated rings. The Hall–Kier alpha value is -2.70. The van der Waals surface area contributed by atoms with Crippen LogP contribution in [0.1, 0.15) is 45.9 Å². The van der Waals surface area contributed by atoms with E-state index in [2.05, 4.69) is 29.2 Å². The number of rotatable bonds is 6. The molecule has 0 spiro atoms. The molecule has 26 heavy (non-hydrogen) atoms. The van der Waals surface area contributed by atoms with Gasteiger partial charge in [-0.15, -0.1) is 5.10 Å². The summed E-state index contributed by atoms with van der Waals surface area (Å²) in [6.45, 7) is 8.75. The Balaban J connectivity index is 2.05. The maximum absolute atomic E-state index is 12.9. The minimum absolute atomic E-state index is 0.0374. The summed E-state index contributed by atoms with van der Waals surface area (Å²) in [6.07, 6.45) is 0.904. The lowest BCUT2D eigenvalue weighted by Crippen LogP contribution is -2.36. The van der Waals surface area contributed by atoms with E-state index in [4.69, 9.17) is 0 Å². The van der Waals surface area contributed by atoms with Gasteiger partial charge in [0.1, 0.15) is 6.54 Å². The van der Waals surface area contributed by atoms with Crippen molar-refractivity contribution in [2.75, 3.05) is 6.54 Å². The van der Waals surface area contributed by atoms with Crippen molar-refractivity contribution in [2.45, 2.75) is 46.6 Å². The maximum Gasteiger partial charge on any atom is 0.351 e. The Morgan fingerprint density at radius 3 is 2.62 bits per heavy atom. The number of para-hydroxylation sites is 1. The van der Waals surface area contributed by atoms with Crippen molar-refractivity contribution in [3.8, 4) is 0 Å². The number of fused-ring (bicyclic) bond motifs is 3. The molecule has 0 aliphatic rings. The van der Waals surface area contributed by atoms with Gasteiger partial charge in [0.05, 0.1) is 5.52 Å². The Bertz CT molecular complexity index is 1000. The predicted molar refractivity (Wildman–Crippen MR) is 101 cm³/mol. The van der Waals surface area contributed by atoms with Crippen molar-refractivity contribution in [1.82, 2.24) is 24.5 Å². The van der Waals surface area contributed by atoms with E-state index < -0.39 is 0 Å². The molecule has 0 aliphatic carbocycles. The van der Waals surface area contributed by atoms with Gasteiger partial charge in [-0.3, -0.25) is 9.36 Å². The molecule has 7 nitrogen and oxygen atoms in total. The van der Waals surface area contributed by atoms with E-state index in [0.717, 1.165) is 11.8 Å². The molecule has 2 aromatic heterocycles. The third-order valence-corrected chi connectivity index (χ3v) is 4.33. The summed E-state index contributed by atoms with van der Waals surface area (Å²) in [6, 6.07) is 7.48. The molecule has 0 radical (unpaired) electrons. The second-order valence-corrected chi connectivity index (χ2v) is 7.28. The second-order valence-electron chi connectivity index (χ2n) is 7.28. The van der Waals surface area contributed by atoms with Crippen LogP contribution in [-0.4, -0.2) is 31.6 Å². The van der Waals surface area contributed by atoms with Crippen LogP contribution in [0, 0.1) is 5.92 Å². The number of aromatic nitrogens is 4. The standard InChI is InChI=1S/C19H25N5O2/c1-12(2)9-10-20-16(25)11-23-15-8-6-5-7-14(15)18-21-17(13(3)4)22-24(18)19(23)26/h5-8,12-13H,9-11H2,1-4H3,(H,20,25). The summed E-state index contributed by atoms with van der Waals surface area (Å²) in [5.41, 5.74) is 0.870. The van der Waals surface area contributed by atoms with Crippen LogP contribution in [0.25, 0.3) is 16.6 Å². The van der Waals surface area contributed by atoms with Crippen molar-refractivity contribution in [3.63, 3.8) is 0 Å². The van der Waals surface area contributed by atoms with Crippen LogP contribution >= 0.6 is 0 Å². The number of nitrogens with one attached hydrogen (secondary N) is 1. The number of amides is 1. The van der Waals surface area contributed by atoms with Gasteiger partial charge in [0.2, 0.25) is 5.91 Å². The van der Waals surface area contributed by atoms with Gasteiger partial charge >= 0.3 is 5.69 Å². The first-order chi connectivity index (χ1) is 12.4. The largest absolute Gasteiger partial charge is 0.355 e. The van der Waals surface area contributed by atoms with Gasteiger partial charge in [-0.05, 0) is 24.5 Å². The van der Waals surface area contributed by atoms with E-state index in [-0.39, 0.29) is 24.1 Å². The Morgan fingerprint density at radius 2 is 1.92 bits per heavy atom. The summed E-state index contributed by atoms with van der Waals surface area (Å²) in [4.78, 5) is 29.8. The molecule has 1 aromatic carbocycles. The molecule has 138 valence electrons. The van der Waals surface area contributed by atoms with Gasteiger partial charge in [0, 0.05) is 17.8 Å². The molecule has 0 atom stereocenters. The van der Waals surface area contributed by atoms with Crippen molar-refractivity contribution < 1.29 is 4.79 Å². The monoisotopic (exact) mass is 355 g/mol. The van der Waals surface area contributed by atoms with Gasteiger partial charge in [-0.2, -0.15) is 4.52 Å². The van der Waals surface area contributed by atoms with E-state index in [9.17, 15) is 9.59 Å². The fourth-order valence-corrected chi connectivity index (χ4v) is 2.85. The third-order valence-electron chi connectivity index (χ3n) is 4.33. The van der Waals surface area contributed by atoms with Crippen LogP contribution in [0.2, 0.25) is 0 Å². The molecule has 0 aliphatic heterocycles. The molecular weight excluding hydrogens is 330 g/mol. The second kappa shape index (κ2) is 7.27. The molecule has 1 amide bonds. The summed E-state index contributed by atoms with van der Waals surface area (Å²) < 4.78 is 2.77. The first-order valence-corrected chi connectivity index (χ1v) is 9.03. The summed E-state index contributed by atoms with van der Waals surface area (Å²) in [5, 5.41) is 8.04. The van der Waals surface area contributed by atoms with Crippen LogP contribution < -0.4 is 11.0 Å². The molecule has 0 bridgehead atoms. The Labute approximate surface area is 152 Å². The van der Waals surface area contributed by atoms with E-state index >= 15 is 0 Å². The van der Waals surface area contributed by atoms with Crippen LogP contribution in [0.5, 0.6) is 0 Å². The highest BCUT2D eigenvalue weighted by molar-refractivity contribution is 5.92. The van der Waals surface area contributed by atoms with Crippen LogP contribution in [-0.2, 0) is 11.3 Å². The lowest BCUT2D eigenvalue weighted by molar-refractivity contribution is -0.121. The molecule has 0 saturated heterocycles. The highest BCUT2D eigenvalue weighted by Crippen LogP contribution is 2.19. The fraction of sp³-hybridized carbons (Fsp3) is 0.474. The molecule has 3 aromatic rings. The zero-order chi connectivity index (χ0) is 18.8. The average molecular weight is 355 g/mol. The van der Waals surface area contributed by atoms with Crippen molar-refractivity contribution in [3.05, 3.63) is 40.6 Å². The number of carbonyl (C=O) groups excluding carboxylic acids is 1. The molecule has 0 saturated carbocycles. The topological polar surface area (TPSA) is 81.3 Å². The van der Waals surface area contributed by atoms with Crippen molar-refractivity contribution in [2.24, 2.45) is 5.92 Å². The quantitative estimate of drug-likeness (QED) is 0.736. The average Bonchev–Trinajstić information content (AvgIpc) is 3.04. The molecule has 1 N–H and O–H groups in total. The molecular formula is C19H25N5O2. The van der Waals surface area contributed by atoms with Crippen LogP contribution in [0.3, 0.4) is 0 Å². The molecule has 0 unspecified atom stereocenters. The Kier molecular flexibility index (Phi) is 5.06. The fourth-order valence-electron chi connectivity index (χ4n) is 2.85. The molecule has 3 rings (SSSR count). The first kappa shape index (κ1) is 18.1. The summed E-state index contributed by atoms with van der Waals surface area (Å²) in [7, 11) is 0.